The Hall–Kier alpha value is -5.85. The first-order chi connectivity index (χ1) is 28.7. The van der Waals surface area contributed by atoms with Crippen LogP contribution in [0.3, 0.4) is 0 Å². The monoisotopic (exact) mass is 821 g/mol. The molecule has 15 heteroatoms. The number of nitriles is 1. The quantitative estimate of drug-likeness (QED) is 0.226. The summed E-state index contributed by atoms with van der Waals surface area (Å²) in [6.45, 7) is 14.5. The van der Waals surface area contributed by atoms with Gasteiger partial charge in [-0.2, -0.15) is 5.26 Å². The van der Waals surface area contributed by atoms with Gasteiger partial charge in [0.1, 0.15) is 35.5 Å². The summed E-state index contributed by atoms with van der Waals surface area (Å²) in [5.41, 5.74) is 2.62. The second kappa shape index (κ2) is 17.4. The molecule has 1 saturated carbocycles. The molecule has 1 unspecified atom stereocenters. The fraction of sp³-hybridized carbons (Fsp3) is 0.489. The lowest BCUT2D eigenvalue weighted by Gasteiger charge is -2.63. The summed E-state index contributed by atoms with van der Waals surface area (Å²) in [6, 6.07) is 19.5. The van der Waals surface area contributed by atoms with Crippen molar-refractivity contribution in [2.45, 2.75) is 64.8 Å². The lowest BCUT2D eigenvalue weighted by atomic mass is 9.49. The van der Waals surface area contributed by atoms with Gasteiger partial charge in [0, 0.05) is 92.0 Å². The van der Waals surface area contributed by atoms with Gasteiger partial charge in [-0.15, -0.1) is 0 Å². The fourth-order valence-corrected chi connectivity index (χ4v) is 9.49. The Labute approximate surface area is 351 Å². The van der Waals surface area contributed by atoms with Crippen LogP contribution in [-0.4, -0.2) is 119 Å². The number of imide groups is 1. The molecule has 1 aliphatic carbocycles. The maximum atomic E-state index is 13.6. The molecule has 15 nitrogen and oxygen atoms in total. The molecule has 4 aliphatic rings. The van der Waals surface area contributed by atoms with Gasteiger partial charge in [-0.05, 0) is 61.0 Å². The van der Waals surface area contributed by atoms with Crippen LogP contribution in [0, 0.1) is 22.2 Å². The number of amides is 4. The third kappa shape index (κ3) is 8.71. The number of nitrogens with zero attached hydrogens (tertiary/aromatic N) is 4. The van der Waals surface area contributed by atoms with E-state index in [0.29, 0.717) is 40.5 Å². The largest absolute Gasteiger partial charge is 0.495 e. The number of hydrogen-bond donors (Lipinski definition) is 3. The highest BCUT2D eigenvalue weighted by Crippen LogP contribution is 2.55. The maximum Gasteiger partial charge on any atom is 0.252 e. The highest BCUT2D eigenvalue weighted by atomic mass is 16.5. The van der Waals surface area contributed by atoms with E-state index in [9.17, 15) is 24.4 Å². The van der Waals surface area contributed by atoms with Gasteiger partial charge in [0.25, 0.3) is 11.8 Å². The average Bonchev–Trinajstić information content (AvgIpc) is 3.25. The van der Waals surface area contributed by atoms with Crippen molar-refractivity contribution in [3.8, 4) is 23.3 Å². The molecule has 60 heavy (non-hydrogen) atoms. The number of piperazine rings is 1. The Bertz CT molecular complexity index is 2130. The van der Waals surface area contributed by atoms with Crippen LogP contribution < -0.4 is 40.0 Å². The van der Waals surface area contributed by atoms with E-state index in [4.69, 9.17) is 18.9 Å². The van der Waals surface area contributed by atoms with Gasteiger partial charge < -0.3 is 39.4 Å². The van der Waals surface area contributed by atoms with Gasteiger partial charge in [-0.3, -0.25) is 29.4 Å². The number of nitrogens with one attached hydrogen (secondary N) is 3. The predicted molar refractivity (Wildman–Crippen MR) is 225 cm³/mol. The lowest BCUT2D eigenvalue weighted by Crippen LogP contribution is -2.74. The van der Waals surface area contributed by atoms with Crippen LogP contribution >= 0.6 is 0 Å². The summed E-state index contributed by atoms with van der Waals surface area (Å²) >= 11 is 0. The number of benzene rings is 3. The van der Waals surface area contributed by atoms with Crippen LogP contribution in [0.5, 0.6) is 17.2 Å². The number of morpholine rings is 1. The van der Waals surface area contributed by atoms with Crippen LogP contribution in [0.25, 0.3) is 0 Å². The Balaban J connectivity index is 0.887. The number of methoxy groups -OCH3 is 2. The molecule has 4 fully saturated rings. The number of ether oxygens (including phenoxy) is 4. The van der Waals surface area contributed by atoms with E-state index in [-0.39, 0.29) is 53.7 Å². The van der Waals surface area contributed by atoms with Crippen molar-refractivity contribution in [1.29, 1.82) is 5.26 Å². The normalized spacial score (nSPS) is 23.7. The molecule has 318 valence electrons. The van der Waals surface area contributed by atoms with Crippen molar-refractivity contribution < 1.29 is 38.1 Å². The Kier molecular flexibility index (Phi) is 12.3. The van der Waals surface area contributed by atoms with Crippen LogP contribution in [0.15, 0.2) is 60.7 Å². The second-order valence-corrected chi connectivity index (χ2v) is 17.2. The third-order valence-corrected chi connectivity index (χ3v) is 12.5. The van der Waals surface area contributed by atoms with E-state index in [2.05, 4.69) is 64.4 Å². The van der Waals surface area contributed by atoms with Crippen molar-refractivity contribution in [1.82, 2.24) is 20.9 Å². The van der Waals surface area contributed by atoms with Gasteiger partial charge >= 0.3 is 0 Å². The Morgan fingerprint density at radius 1 is 0.850 bits per heavy atom. The van der Waals surface area contributed by atoms with E-state index in [1.807, 2.05) is 30.3 Å². The van der Waals surface area contributed by atoms with Crippen LogP contribution in [-0.2, 0) is 14.3 Å². The van der Waals surface area contributed by atoms with Gasteiger partial charge in [0.2, 0.25) is 11.8 Å². The smallest absolute Gasteiger partial charge is 0.252 e. The van der Waals surface area contributed by atoms with Crippen molar-refractivity contribution in [2.24, 2.45) is 10.8 Å². The fourth-order valence-electron chi connectivity index (χ4n) is 9.49. The molecule has 3 N–H and O–H groups in total. The molecule has 3 saturated heterocycles. The highest BCUT2D eigenvalue weighted by molar-refractivity contribution is 6.04. The first-order valence-corrected chi connectivity index (χ1v) is 20.5. The summed E-state index contributed by atoms with van der Waals surface area (Å²) in [5, 5.41) is 17.6. The molecule has 0 radical (unpaired) electrons. The van der Waals surface area contributed by atoms with Gasteiger partial charge in [-0.1, -0.05) is 27.7 Å². The zero-order valence-corrected chi connectivity index (χ0v) is 35.2. The van der Waals surface area contributed by atoms with E-state index >= 15 is 0 Å². The molecule has 2 atom stereocenters. The number of rotatable bonds is 12. The molecule has 7 rings (SSSR count). The topological polar surface area (TPSA) is 175 Å². The van der Waals surface area contributed by atoms with Crippen LogP contribution in [0.4, 0.5) is 11.4 Å². The minimum atomic E-state index is -0.753. The molecule has 0 spiro atoms. The van der Waals surface area contributed by atoms with Crippen molar-refractivity contribution in [3.05, 3.63) is 77.4 Å². The predicted octanol–water partition coefficient (Wildman–Crippen LogP) is 3.75. The SMILES string of the molecule is COc1cc(O[C@H]2C(C)(C)[C@H](NC(=O)c3ccc(N4CCO[C@@H](CN5CCN(c6ccc(C(=O)NC7CCC(=O)NC7=O)cc6OC)CC5)C4)cc3)C2(C)C)ccc1C#N. The van der Waals surface area contributed by atoms with Crippen molar-refractivity contribution >= 4 is 35.0 Å². The zero-order valence-electron chi connectivity index (χ0n) is 35.2. The molecule has 0 aromatic heterocycles. The number of carbonyl (C=O) groups is 4. The van der Waals surface area contributed by atoms with Gasteiger partial charge in [0.15, 0.2) is 0 Å². The molecule has 3 aliphatic heterocycles. The summed E-state index contributed by atoms with van der Waals surface area (Å²) in [7, 11) is 3.11. The van der Waals surface area contributed by atoms with E-state index in [1.54, 1.807) is 37.4 Å². The summed E-state index contributed by atoms with van der Waals surface area (Å²) in [4.78, 5) is 57.1. The van der Waals surface area contributed by atoms with Gasteiger partial charge in [0.05, 0.1) is 38.2 Å². The average molecular weight is 822 g/mol. The molecule has 4 amide bonds. The second-order valence-electron chi connectivity index (χ2n) is 17.2. The van der Waals surface area contributed by atoms with Crippen LogP contribution in [0.1, 0.15) is 66.8 Å². The molecular weight excluding hydrogens is 767 g/mol. The molecule has 3 heterocycles. The lowest BCUT2D eigenvalue weighted by molar-refractivity contribution is -0.164. The summed E-state index contributed by atoms with van der Waals surface area (Å²) in [6.07, 6.45) is 0.288. The minimum Gasteiger partial charge on any atom is -0.495 e. The van der Waals surface area contributed by atoms with E-state index in [1.165, 1.54) is 7.11 Å². The van der Waals surface area contributed by atoms with Crippen molar-refractivity contribution in [2.75, 3.05) is 76.4 Å². The Morgan fingerprint density at radius 2 is 1.53 bits per heavy atom. The molecular formula is C45H55N7O8. The zero-order chi connectivity index (χ0) is 42.8. The standard InChI is InChI=1S/C45H55N7O8/c1-44(2)42(45(3,4)43(44)60-32-13-9-30(25-46)36(24-32)57-5)49-39(54)28-7-11-31(12-8-28)52-21-22-59-33(27-52)26-50-17-19-51(20-18-50)35-15-10-29(23-37(35)58-6)40(55)47-34-14-16-38(53)48-41(34)56/h7-13,15,23-24,33-34,42-43H,14,16-22,26-27H2,1-6H3,(H,47,55)(H,49,54)(H,48,53,56)/t33-,34?,42-,43-/m0/s1. The van der Waals surface area contributed by atoms with E-state index in [0.717, 1.165) is 57.2 Å². The number of piperidine rings is 1. The third-order valence-electron chi connectivity index (χ3n) is 12.5. The van der Waals surface area contributed by atoms with Crippen LogP contribution in [0.2, 0.25) is 0 Å². The summed E-state index contributed by atoms with van der Waals surface area (Å²) < 4.78 is 23.7. The molecule has 3 aromatic carbocycles. The highest BCUT2D eigenvalue weighted by Gasteiger charge is 2.64. The summed E-state index contributed by atoms with van der Waals surface area (Å²) in [5.74, 6) is 0.299. The van der Waals surface area contributed by atoms with E-state index < -0.39 is 17.9 Å². The maximum absolute atomic E-state index is 13.6. The van der Waals surface area contributed by atoms with Crippen molar-refractivity contribution in [3.63, 3.8) is 0 Å². The minimum absolute atomic E-state index is 0.0218. The number of carbonyl (C=O) groups excluding carboxylic acids is 4. The first-order valence-electron chi connectivity index (χ1n) is 20.5. The first kappa shape index (κ1) is 42.3. The molecule has 0 bridgehead atoms. The Morgan fingerprint density at radius 3 is 2.20 bits per heavy atom. The number of anilines is 2. The number of hydrogen-bond acceptors (Lipinski definition) is 12. The van der Waals surface area contributed by atoms with Gasteiger partial charge in [-0.25, -0.2) is 0 Å². The molecule has 3 aromatic rings.